The number of ether oxygens (including phenoxy) is 4. The van der Waals surface area contributed by atoms with Crippen LogP contribution in [-0.2, 0) is 65.4 Å². The Balaban J connectivity index is 5.24. The molecule has 17 nitrogen and oxygen atoms in total. The van der Waals surface area contributed by atoms with E-state index < -0.39 is 97.5 Å². The lowest BCUT2D eigenvalue weighted by Crippen LogP contribution is -2.30. The summed E-state index contributed by atoms with van der Waals surface area (Å²) in [7, 11) is -9.92. The first-order valence-corrected chi connectivity index (χ1v) is 44.5. The van der Waals surface area contributed by atoms with Crippen molar-refractivity contribution in [2.45, 2.75) is 439 Å². The molecule has 19 heteroatoms. The Kier molecular flexibility index (Phi) is 70.3. The second kappa shape index (κ2) is 71.7. The van der Waals surface area contributed by atoms with Gasteiger partial charge in [-0.3, -0.25) is 37.3 Å². The molecule has 99 heavy (non-hydrogen) atoms. The van der Waals surface area contributed by atoms with Crippen molar-refractivity contribution < 1.29 is 80.2 Å². The molecule has 0 aliphatic heterocycles. The third-order valence-corrected chi connectivity index (χ3v) is 21.0. The van der Waals surface area contributed by atoms with Gasteiger partial charge in [0.15, 0.2) is 12.2 Å². The number of hydrogen-bond donors (Lipinski definition) is 3. The maximum atomic E-state index is 13.1. The van der Waals surface area contributed by atoms with Gasteiger partial charge < -0.3 is 33.8 Å². The van der Waals surface area contributed by atoms with Crippen molar-refractivity contribution in [1.29, 1.82) is 0 Å². The summed E-state index contributed by atoms with van der Waals surface area (Å²) in [6.45, 7) is 9.59. The molecule has 6 atom stereocenters. The van der Waals surface area contributed by atoms with Gasteiger partial charge in [-0.15, -0.1) is 0 Å². The van der Waals surface area contributed by atoms with Gasteiger partial charge in [0, 0.05) is 25.7 Å². The molecule has 0 radical (unpaired) electrons. The van der Waals surface area contributed by atoms with Crippen LogP contribution in [0.2, 0.25) is 0 Å². The minimum atomic E-state index is -4.96. The number of carbonyl (C=O) groups excluding carboxylic acids is 4. The topological polar surface area (TPSA) is 237 Å². The van der Waals surface area contributed by atoms with Crippen LogP contribution in [0.3, 0.4) is 0 Å². The van der Waals surface area contributed by atoms with Crippen molar-refractivity contribution in [1.82, 2.24) is 0 Å². The molecule has 0 heterocycles. The summed E-state index contributed by atoms with van der Waals surface area (Å²) < 4.78 is 68.7. The fraction of sp³-hybridized carbons (Fsp3) is 0.950. The number of phosphoric ester groups is 2. The van der Waals surface area contributed by atoms with E-state index in [0.29, 0.717) is 25.7 Å². The number of esters is 4. The Morgan fingerprint density at radius 3 is 0.768 bits per heavy atom. The predicted molar refractivity (Wildman–Crippen MR) is 405 cm³/mol. The summed E-state index contributed by atoms with van der Waals surface area (Å²) in [5.74, 6) is -0.616. The first kappa shape index (κ1) is 97.1. The molecule has 0 aromatic heterocycles. The Hall–Kier alpha value is -1.94. The molecule has 0 bridgehead atoms. The zero-order chi connectivity index (χ0) is 72.8. The monoisotopic (exact) mass is 1450 g/mol. The minimum Gasteiger partial charge on any atom is -0.462 e. The molecule has 588 valence electrons. The van der Waals surface area contributed by atoms with E-state index >= 15 is 0 Å². The molecule has 0 saturated carbocycles. The standard InChI is InChI=1S/C80H156O17P2/c1-7-10-12-14-16-18-20-22-24-26-27-29-31-33-35-37-46-52-58-64-79(84)96-75(68-90-77(82)62-56-50-44-36-34-32-30-28-25-23-21-19-17-15-13-11-8-2)70-94-98(86,87)92-66-74(81)67-93-99(88,89)95-71-76(69-91-78(83)63-57-51-45-40-38-42-48-54-60-72(4)5)97-80(85)65-59-53-47-41-39-43-49-55-61-73(6)9-3/h72-76,81H,7-71H2,1-6H3,(H,86,87)(H,88,89)/t73?,74-,75-,76-/m1/s1. The minimum absolute atomic E-state index is 0.105. The summed E-state index contributed by atoms with van der Waals surface area (Å²) in [5.41, 5.74) is 0. The van der Waals surface area contributed by atoms with Crippen molar-refractivity contribution >= 4 is 39.5 Å². The zero-order valence-electron chi connectivity index (χ0n) is 64.8. The van der Waals surface area contributed by atoms with Crippen LogP contribution in [0.1, 0.15) is 420 Å². The van der Waals surface area contributed by atoms with Crippen LogP contribution in [0.15, 0.2) is 0 Å². The molecule has 0 spiro atoms. The molecule has 0 amide bonds. The van der Waals surface area contributed by atoms with E-state index in [1.165, 1.54) is 238 Å². The van der Waals surface area contributed by atoms with Crippen LogP contribution in [0, 0.1) is 11.8 Å². The molecule has 3 unspecified atom stereocenters. The molecule has 0 aromatic rings. The van der Waals surface area contributed by atoms with Gasteiger partial charge in [0.1, 0.15) is 19.3 Å². The first-order valence-electron chi connectivity index (χ1n) is 41.5. The van der Waals surface area contributed by atoms with Gasteiger partial charge in [-0.25, -0.2) is 9.13 Å². The van der Waals surface area contributed by atoms with E-state index in [4.69, 9.17) is 37.0 Å². The van der Waals surface area contributed by atoms with Crippen molar-refractivity contribution in [3.8, 4) is 0 Å². The number of phosphoric acid groups is 2. The van der Waals surface area contributed by atoms with Gasteiger partial charge in [-0.05, 0) is 37.5 Å². The Labute approximate surface area is 607 Å². The third kappa shape index (κ3) is 72.8. The van der Waals surface area contributed by atoms with Crippen molar-refractivity contribution in [3.63, 3.8) is 0 Å². The highest BCUT2D eigenvalue weighted by Gasteiger charge is 2.30. The third-order valence-electron chi connectivity index (χ3n) is 19.1. The van der Waals surface area contributed by atoms with Gasteiger partial charge in [0.05, 0.1) is 26.4 Å². The number of rotatable bonds is 79. The average Bonchev–Trinajstić information content (AvgIpc) is 1.05. The molecule has 0 aliphatic rings. The molecule has 0 aliphatic carbocycles. The van der Waals surface area contributed by atoms with E-state index in [0.717, 1.165) is 102 Å². The molecular weight excluding hydrogens is 1290 g/mol. The summed E-state index contributed by atoms with van der Waals surface area (Å²) in [6, 6.07) is 0. The van der Waals surface area contributed by atoms with Gasteiger partial charge in [-0.1, -0.05) is 369 Å². The SMILES string of the molecule is CCCCCCCCCCCCCCCCCCCCCC(=O)O[C@H](COC(=O)CCCCCCCCCCCCCCCCCCC)COP(=O)(O)OC[C@@H](O)COP(=O)(O)OC[C@@H](COC(=O)CCCCCCCCCCC(C)C)OC(=O)CCCCCCCCCCC(C)CC. The van der Waals surface area contributed by atoms with E-state index in [-0.39, 0.29) is 25.7 Å². The highest BCUT2D eigenvalue weighted by molar-refractivity contribution is 7.47. The number of hydrogen-bond acceptors (Lipinski definition) is 15. The molecule has 0 fully saturated rings. The lowest BCUT2D eigenvalue weighted by atomic mass is 9.99. The van der Waals surface area contributed by atoms with Crippen LogP contribution in [-0.4, -0.2) is 96.7 Å². The first-order chi connectivity index (χ1) is 47.9. The van der Waals surface area contributed by atoms with Gasteiger partial charge in [0.2, 0.25) is 0 Å². The van der Waals surface area contributed by atoms with E-state index in [1.807, 2.05) is 0 Å². The fourth-order valence-corrected chi connectivity index (χ4v) is 13.9. The number of aliphatic hydroxyl groups is 1. The van der Waals surface area contributed by atoms with E-state index in [1.54, 1.807) is 0 Å². The fourth-order valence-electron chi connectivity index (χ4n) is 12.3. The van der Waals surface area contributed by atoms with Gasteiger partial charge in [0.25, 0.3) is 0 Å². The largest absolute Gasteiger partial charge is 0.472 e. The van der Waals surface area contributed by atoms with Gasteiger partial charge >= 0.3 is 39.5 Å². The van der Waals surface area contributed by atoms with Crippen LogP contribution in [0.5, 0.6) is 0 Å². The molecule has 0 rings (SSSR count). The number of carbonyl (C=O) groups is 4. The molecular formula is C80H156O17P2. The quantitative estimate of drug-likeness (QED) is 0.0222. The second-order valence-electron chi connectivity index (χ2n) is 29.5. The van der Waals surface area contributed by atoms with Crippen LogP contribution in [0.4, 0.5) is 0 Å². The lowest BCUT2D eigenvalue weighted by Gasteiger charge is -2.21. The Bertz CT molecular complexity index is 1910. The van der Waals surface area contributed by atoms with Gasteiger partial charge in [-0.2, -0.15) is 0 Å². The van der Waals surface area contributed by atoms with Crippen molar-refractivity contribution in [2.24, 2.45) is 11.8 Å². The molecule has 0 saturated heterocycles. The predicted octanol–water partition coefficient (Wildman–Crippen LogP) is 23.9. The Morgan fingerprint density at radius 2 is 0.515 bits per heavy atom. The highest BCUT2D eigenvalue weighted by atomic mass is 31.2. The van der Waals surface area contributed by atoms with Crippen LogP contribution in [0.25, 0.3) is 0 Å². The summed E-state index contributed by atoms with van der Waals surface area (Å²) in [6.07, 6.45) is 61.1. The van der Waals surface area contributed by atoms with E-state index in [2.05, 4.69) is 41.5 Å². The number of aliphatic hydroxyl groups excluding tert-OH is 1. The molecule has 3 N–H and O–H groups in total. The van der Waals surface area contributed by atoms with E-state index in [9.17, 15) is 43.2 Å². The van der Waals surface area contributed by atoms with Crippen molar-refractivity contribution in [2.75, 3.05) is 39.6 Å². The van der Waals surface area contributed by atoms with Crippen molar-refractivity contribution in [3.05, 3.63) is 0 Å². The summed E-state index contributed by atoms with van der Waals surface area (Å²) in [5, 5.41) is 10.6. The maximum absolute atomic E-state index is 13.1. The lowest BCUT2D eigenvalue weighted by molar-refractivity contribution is -0.161. The smallest absolute Gasteiger partial charge is 0.462 e. The number of unbranched alkanes of at least 4 members (excludes halogenated alkanes) is 48. The Morgan fingerprint density at radius 1 is 0.293 bits per heavy atom. The second-order valence-corrected chi connectivity index (χ2v) is 32.4. The maximum Gasteiger partial charge on any atom is 0.472 e. The zero-order valence-corrected chi connectivity index (χ0v) is 66.6. The normalized spacial score (nSPS) is 14.2. The highest BCUT2D eigenvalue weighted by Crippen LogP contribution is 2.45. The summed E-state index contributed by atoms with van der Waals surface area (Å²) in [4.78, 5) is 73.0. The summed E-state index contributed by atoms with van der Waals surface area (Å²) >= 11 is 0. The van der Waals surface area contributed by atoms with Crippen LogP contribution >= 0.6 is 15.6 Å². The molecule has 0 aromatic carbocycles. The van der Waals surface area contributed by atoms with Crippen LogP contribution < -0.4 is 0 Å². The average molecular weight is 1450 g/mol.